The Morgan fingerprint density at radius 1 is 1.26 bits per heavy atom. The number of hydrogen-bond donors (Lipinski definition) is 2. The van der Waals surface area contributed by atoms with Gasteiger partial charge in [0.05, 0.1) is 5.56 Å². The van der Waals surface area contributed by atoms with Crippen molar-refractivity contribution >= 4 is 5.91 Å². The molecule has 4 heteroatoms. The van der Waals surface area contributed by atoms with Crippen molar-refractivity contribution in [2.24, 2.45) is 5.73 Å². The molecule has 1 heterocycles. The number of benzene rings is 1. The molecule has 3 N–H and O–H groups in total. The normalized spacial score (nSPS) is 10.9. The van der Waals surface area contributed by atoms with Gasteiger partial charge in [-0.3, -0.25) is 4.79 Å². The molecule has 0 aliphatic heterocycles. The number of nitrogens with zero attached hydrogens (tertiary/aromatic N) is 1. The molecule has 0 aliphatic rings. The first-order valence-corrected chi connectivity index (χ1v) is 8.32. The van der Waals surface area contributed by atoms with Gasteiger partial charge in [0.2, 0.25) is 0 Å². The molecule has 0 spiro atoms. The first-order valence-electron chi connectivity index (χ1n) is 8.32. The van der Waals surface area contributed by atoms with Crippen LogP contribution in [0.4, 0.5) is 0 Å². The number of aromatic hydroxyl groups is 1. The standard InChI is InChI=1S/C19H26N2O2/c1-4-6-10-16-18(14-8-7-9-15(22)12-14)17(19(20)23)13(3)21(16)11-5-2/h7-9,12,22H,4-6,10-11H2,1-3H3,(H2,20,23). The maximum absolute atomic E-state index is 12.1. The van der Waals surface area contributed by atoms with E-state index in [4.69, 9.17) is 5.73 Å². The van der Waals surface area contributed by atoms with Crippen LogP contribution in [0.1, 0.15) is 54.9 Å². The van der Waals surface area contributed by atoms with E-state index in [2.05, 4.69) is 18.4 Å². The molecule has 1 amide bonds. The Balaban J connectivity index is 2.74. The van der Waals surface area contributed by atoms with Crippen molar-refractivity contribution in [1.82, 2.24) is 4.57 Å². The third-order valence-corrected chi connectivity index (χ3v) is 4.23. The number of carbonyl (C=O) groups is 1. The molecular weight excluding hydrogens is 288 g/mol. The van der Waals surface area contributed by atoms with Crippen molar-refractivity contribution < 1.29 is 9.90 Å². The topological polar surface area (TPSA) is 68.2 Å². The molecule has 0 saturated carbocycles. The first kappa shape index (κ1) is 17.1. The summed E-state index contributed by atoms with van der Waals surface area (Å²) >= 11 is 0. The van der Waals surface area contributed by atoms with Gasteiger partial charge in [0, 0.05) is 23.5 Å². The minimum absolute atomic E-state index is 0.195. The zero-order chi connectivity index (χ0) is 17.0. The quantitative estimate of drug-likeness (QED) is 0.810. The lowest BCUT2D eigenvalue weighted by Gasteiger charge is -2.12. The lowest BCUT2D eigenvalue weighted by atomic mass is 9.97. The zero-order valence-corrected chi connectivity index (χ0v) is 14.2. The molecule has 4 nitrogen and oxygen atoms in total. The molecule has 124 valence electrons. The third kappa shape index (κ3) is 3.41. The molecule has 1 aromatic carbocycles. The SMILES string of the molecule is CCCCc1c(-c2cccc(O)c2)c(C(N)=O)c(C)n1CCC. The summed E-state index contributed by atoms with van der Waals surface area (Å²) in [7, 11) is 0. The summed E-state index contributed by atoms with van der Waals surface area (Å²) < 4.78 is 2.22. The second-order valence-electron chi connectivity index (χ2n) is 5.95. The van der Waals surface area contributed by atoms with Crippen molar-refractivity contribution in [2.75, 3.05) is 0 Å². The largest absolute Gasteiger partial charge is 0.508 e. The van der Waals surface area contributed by atoms with Crippen LogP contribution in [0.15, 0.2) is 24.3 Å². The van der Waals surface area contributed by atoms with Crippen molar-refractivity contribution in [1.29, 1.82) is 0 Å². The van der Waals surface area contributed by atoms with Gasteiger partial charge in [0.1, 0.15) is 5.75 Å². The van der Waals surface area contributed by atoms with Crippen LogP contribution in [-0.2, 0) is 13.0 Å². The Morgan fingerprint density at radius 2 is 2.00 bits per heavy atom. The van der Waals surface area contributed by atoms with Crippen LogP contribution < -0.4 is 5.73 Å². The summed E-state index contributed by atoms with van der Waals surface area (Å²) in [6, 6.07) is 7.06. The van der Waals surface area contributed by atoms with Crippen molar-refractivity contribution in [3.8, 4) is 16.9 Å². The number of hydrogen-bond acceptors (Lipinski definition) is 2. The summed E-state index contributed by atoms with van der Waals surface area (Å²) in [6.45, 7) is 7.10. The van der Waals surface area contributed by atoms with Crippen molar-refractivity contribution in [3.63, 3.8) is 0 Å². The van der Waals surface area contributed by atoms with Crippen LogP contribution in [0.3, 0.4) is 0 Å². The van der Waals surface area contributed by atoms with Crippen LogP contribution in [0.2, 0.25) is 0 Å². The second kappa shape index (κ2) is 7.36. The lowest BCUT2D eigenvalue weighted by molar-refractivity contribution is 0.1000. The number of phenols is 1. The number of primary amides is 1. The zero-order valence-electron chi connectivity index (χ0n) is 14.2. The monoisotopic (exact) mass is 314 g/mol. The van der Waals surface area contributed by atoms with Gasteiger partial charge in [0.25, 0.3) is 5.91 Å². The lowest BCUT2D eigenvalue weighted by Crippen LogP contribution is -2.13. The Bertz CT molecular complexity index is 702. The predicted octanol–water partition coefficient (Wildman–Crippen LogP) is 4.02. The van der Waals surface area contributed by atoms with E-state index in [0.717, 1.165) is 54.7 Å². The highest BCUT2D eigenvalue weighted by atomic mass is 16.3. The van der Waals surface area contributed by atoms with E-state index in [1.165, 1.54) is 0 Å². The van der Waals surface area contributed by atoms with Gasteiger partial charge in [-0.15, -0.1) is 0 Å². The maximum Gasteiger partial charge on any atom is 0.251 e. The predicted molar refractivity (Wildman–Crippen MR) is 93.7 cm³/mol. The number of rotatable bonds is 7. The van der Waals surface area contributed by atoms with E-state index >= 15 is 0 Å². The summed E-state index contributed by atoms with van der Waals surface area (Å²) in [5, 5.41) is 9.83. The van der Waals surface area contributed by atoms with Crippen LogP contribution in [0, 0.1) is 6.92 Å². The molecule has 2 rings (SSSR count). The average molecular weight is 314 g/mol. The number of phenolic OH excluding ortho intramolecular Hbond substituents is 1. The summed E-state index contributed by atoms with van der Waals surface area (Å²) in [5.41, 5.74) is 10.1. The van der Waals surface area contributed by atoms with Crippen LogP contribution in [0.5, 0.6) is 5.75 Å². The number of nitrogens with two attached hydrogens (primary N) is 1. The van der Waals surface area contributed by atoms with Gasteiger partial charge >= 0.3 is 0 Å². The minimum Gasteiger partial charge on any atom is -0.508 e. The Hall–Kier alpha value is -2.23. The van der Waals surface area contributed by atoms with Crippen LogP contribution >= 0.6 is 0 Å². The fourth-order valence-corrected chi connectivity index (χ4v) is 3.20. The molecule has 0 fully saturated rings. The molecule has 0 atom stereocenters. The minimum atomic E-state index is -0.409. The molecular formula is C19H26N2O2. The van der Waals surface area contributed by atoms with E-state index in [0.29, 0.717) is 5.56 Å². The molecule has 0 radical (unpaired) electrons. The molecule has 0 unspecified atom stereocenters. The highest BCUT2D eigenvalue weighted by molar-refractivity contribution is 6.02. The molecule has 1 aromatic heterocycles. The van der Waals surface area contributed by atoms with E-state index in [-0.39, 0.29) is 5.75 Å². The van der Waals surface area contributed by atoms with Gasteiger partial charge in [-0.2, -0.15) is 0 Å². The first-order chi connectivity index (χ1) is 11.0. The van der Waals surface area contributed by atoms with E-state index in [1.807, 2.05) is 13.0 Å². The molecule has 0 bridgehead atoms. The van der Waals surface area contributed by atoms with Gasteiger partial charge in [-0.05, 0) is 43.9 Å². The van der Waals surface area contributed by atoms with Crippen LogP contribution in [0.25, 0.3) is 11.1 Å². The molecule has 23 heavy (non-hydrogen) atoms. The van der Waals surface area contributed by atoms with Gasteiger partial charge in [-0.25, -0.2) is 0 Å². The molecule has 2 aromatic rings. The number of carbonyl (C=O) groups excluding carboxylic acids is 1. The molecule has 0 aliphatic carbocycles. The highest BCUT2D eigenvalue weighted by Crippen LogP contribution is 2.35. The fourth-order valence-electron chi connectivity index (χ4n) is 3.20. The van der Waals surface area contributed by atoms with Gasteiger partial charge in [-0.1, -0.05) is 32.4 Å². The Morgan fingerprint density at radius 3 is 2.57 bits per heavy atom. The van der Waals surface area contributed by atoms with Crippen molar-refractivity contribution in [2.45, 2.75) is 53.0 Å². The van der Waals surface area contributed by atoms with Crippen LogP contribution in [-0.4, -0.2) is 15.6 Å². The van der Waals surface area contributed by atoms with Crippen molar-refractivity contribution in [3.05, 3.63) is 41.2 Å². The Kier molecular flexibility index (Phi) is 5.48. The summed E-state index contributed by atoms with van der Waals surface area (Å²) in [5.74, 6) is -0.214. The average Bonchev–Trinajstić information content (AvgIpc) is 2.78. The Labute approximate surface area is 137 Å². The van der Waals surface area contributed by atoms with Gasteiger partial charge < -0.3 is 15.4 Å². The molecule has 0 saturated heterocycles. The van der Waals surface area contributed by atoms with E-state index in [1.54, 1.807) is 18.2 Å². The smallest absolute Gasteiger partial charge is 0.251 e. The number of amides is 1. The summed E-state index contributed by atoms with van der Waals surface area (Å²) in [6.07, 6.45) is 4.03. The number of aromatic nitrogens is 1. The second-order valence-corrected chi connectivity index (χ2v) is 5.95. The summed E-state index contributed by atoms with van der Waals surface area (Å²) in [4.78, 5) is 12.1. The fraction of sp³-hybridized carbons (Fsp3) is 0.421. The maximum atomic E-state index is 12.1. The van der Waals surface area contributed by atoms with Gasteiger partial charge in [0.15, 0.2) is 0 Å². The van der Waals surface area contributed by atoms with E-state index in [9.17, 15) is 9.90 Å². The highest BCUT2D eigenvalue weighted by Gasteiger charge is 2.24. The van der Waals surface area contributed by atoms with E-state index < -0.39 is 5.91 Å². The number of unbranched alkanes of at least 4 members (excludes halogenated alkanes) is 1. The third-order valence-electron chi connectivity index (χ3n) is 4.23.